The van der Waals surface area contributed by atoms with Crippen LogP contribution in [0.15, 0.2) is 0 Å². The predicted molar refractivity (Wildman–Crippen MR) is 87.5 cm³/mol. The molecule has 1 N–H and O–H groups in total. The third-order valence-electron chi connectivity index (χ3n) is 6.64. The molecule has 0 amide bonds. The number of alkyl halides is 3. The van der Waals surface area contributed by atoms with Crippen molar-refractivity contribution in [2.24, 2.45) is 17.8 Å². The minimum absolute atomic E-state index is 0.0602. The van der Waals surface area contributed by atoms with Crippen molar-refractivity contribution in [2.75, 3.05) is 6.54 Å². The smallest absolute Gasteiger partial charge is 0.248 e. The van der Waals surface area contributed by atoms with Crippen molar-refractivity contribution >= 4 is 0 Å². The molecule has 1 saturated heterocycles. The fourth-order valence-electron chi connectivity index (χ4n) is 5.22. The van der Waals surface area contributed by atoms with Gasteiger partial charge in [-0.3, -0.25) is 0 Å². The molecule has 3 fully saturated rings. The second-order valence-electron chi connectivity index (χ2n) is 8.25. The maximum atomic E-state index is 13.5. The van der Waals surface area contributed by atoms with Crippen LogP contribution in [0.25, 0.3) is 0 Å². The van der Waals surface area contributed by atoms with E-state index in [9.17, 15) is 13.2 Å². The van der Waals surface area contributed by atoms with Gasteiger partial charge in [0.15, 0.2) is 0 Å². The number of nitrogens with one attached hydrogen (secondary N) is 1. The van der Waals surface area contributed by atoms with Crippen molar-refractivity contribution in [3.63, 3.8) is 0 Å². The molecule has 0 aromatic rings. The van der Waals surface area contributed by atoms with Crippen molar-refractivity contribution in [1.29, 1.82) is 0 Å². The molecule has 3 aliphatic rings. The van der Waals surface area contributed by atoms with E-state index in [1.807, 2.05) is 0 Å². The molecule has 23 heavy (non-hydrogen) atoms. The third-order valence-corrected chi connectivity index (χ3v) is 6.64. The number of halogens is 3. The quantitative estimate of drug-likeness (QED) is 0.718. The Morgan fingerprint density at radius 1 is 0.870 bits per heavy atom. The molecule has 2 unspecified atom stereocenters. The summed E-state index contributed by atoms with van der Waals surface area (Å²) in [5.74, 6) is -0.933. The van der Waals surface area contributed by atoms with Crippen LogP contribution in [-0.4, -0.2) is 24.7 Å². The highest BCUT2D eigenvalue weighted by Crippen LogP contribution is 2.46. The minimum atomic E-state index is -2.44. The van der Waals surface area contributed by atoms with E-state index in [1.165, 1.54) is 19.3 Å². The topological polar surface area (TPSA) is 12.0 Å². The van der Waals surface area contributed by atoms with E-state index in [2.05, 4.69) is 5.32 Å². The van der Waals surface area contributed by atoms with E-state index in [0.29, 0.717) is 49.5 Å². The zero-order valence-corrected chi connectivity index (χ0v) is 14.2. The highest BCUT2D eigenvalue weighted by atomic mass is 19.3. The van der Waals surface area contributed by atoms with Crippen LogP contribution < -0.4 is 5.32 Å². The van der Waals surface area contributed by atoms with E-state index >= 15 is 0 Å². The van der Waals surface area contributed by atoms with Crippen LogP contribution in [0.4, 0.5) is 13.2 Å². The van der Waals surface area contributed by atoms with Crippen LogP contribution in [0.5, 0.6) is 0 Å². The number of hydrogen-bond donors (Lipinski definition) is 1. The van der Waals surface area contributed by atoms with Crippen LogP contribution in [0, 0.1) is 17.8 Å². The van der Waals surface area contributed by atoms with Gasteiger partial charge in [0.25, 0.3) is 0 Å². The van der Waals surface area contributed by atoms with Gasteiger partial charge >= 0.3 is 0 Å². The van der Waals surface area contributed by atoms with Gasteiger partial charge in [0, 0.05) is 18.9 Å². The monoisotopic (exact) mass is 331 g/mol. The van der Waals surface area contributed by atoms with Gasteiger partial charge in [-0.2, -0.15) is 0 Å². The Morgan fingerprint density at radius 2 is 1.52 bits per heavy atom. The lowest BCUT2D eigenvalue weighted by molar-refractivity contribution is -0.0591. The molecule has 0 bridgehead atoms. The SMILES string of the molecule is FC1CCC(C(CC2CCCCN2)C2CCC(F)(F)CC2)CC1. The van der Waals surface area contributed by atoms with Gasteiger partial charge in [0.05, 0.1) is 0 Å². The molecule has 0 spiro atoms. The van der Waals surface area contributed by atoms with Crippen LogP contribution in [0.1, 0.15) is 77.0 Å². The molecular weight excluding hydrogens is 299 g/mol. The van der Waals surface area contributed by atoms with Crippen LogP contribution in [-0.2, 0) is 0 Å². The summed E-state index contributed by atoms with van der Waals surface area (Å²) in [7, 11) is 0. The summed E-state index contributed by atoms with van der Waals surface area (Å²) in [4.78, 5) is 0. The largest absolute Gasteiger partial charge is 0.314 e. The first-order valence-electron chi connectivity index (χ1n) is 9.79. The molecule has 2 atom stereocenters. The number of hydrogen-bond acceptors (Lipinski definition) is 1. The van der Waals surface area contributed by atoms with Gasteiger partial charge in [0.1, 0.15) is 6.17 Å². The Morgan fingerprint density at radius 3 is 2.13 bits per heavy atom. The zero-order valence-electron chi connectivity index (χ0n) is 14.2. The molecule has 1 heterocycles. The molecule has 134 valence electrons. The summed E-state index contributed by atoms with van der Waals surface area (Å²) in [6, 6.07) is 0.555. The van der Waals surface area contributed by atoms with Crippen molar-refractivity contribution < 1.29 is 13.2 Å². The molecule has 1 aliphatic heterocycles. The van der Waals surface area contributed by atoms with Crippen molar-refractivity contribution in [3.8, 4) is 0 Å². The molecule has 2 saturated carbocycles. The average molecular weight is 331 g/mol. The average Bonchev–Trinajstić information content (AvgIpc) is 2.55. The molecule has 0 aromatic heterocycles. The Labute approximate surface area is 138 Å². The minimum Gasteiger partial charge on any atom is -0.314 e. The normalized spacial score (nSPS) is 37.4. The van der Waals surface area contributed by atoms with Crippen molar-refractivity contribution in [2.45, 2.75) is 95.2 Å². The predicted octanol–water partition coefficient (Wildman–Crippen LogP) is 5.49. The van der Waals surface area contributed by atoms with Crippen molar-refractivity contribution in [3.05, 3.63) is 0 Å². The fraction of sp³-hybridized carbons (Fsp3) is 1.00. The summed E-state index contributed by atoms with van der Waals surface area (Å²) >= 11 is 0. The Hall–Kier alpha value is -0.250. The first-order chi connectivity index (χ1) is 11.0. The second-order valence-corrected chi connectivity index (χ2v) is 8.25. The van der Waals surface area contributed by atoms with E-state index in [1.54, 1.807) is 0 Å². The van der Waals surface area contributed by atoms with Gasteiger partial charge in [-0.1, -0.05) is 6.42 Å². The first-order valence-corrected chi connectivity index (χ1v) is 9.79. The van der Waals surface area contributed by atoms with E-state index in [0.717, 1.165) is 25.8 Å². The Balaban J connectivity index is 1.62. The molecule has 4 heteroatoms. The Kier molecular flexibility index (Phi) is 5.92. The molecular formula is C19H32F3N. The second kappa shape index (κ2) is 7.76. The number of rotatable bonds is 4. The first kappa shape index (κ1) is 17.6. The summed E-state index contributed by atoms with van der Waals surface area (Å²) in [6.45, 7) is 1.09. The van der Waals surface area contributed by atoms with Crippen LogP contribution in [0.3, 0.4) is 0 Å². The van der Waals surface area contributed by atoms with Gasteiger partial charge in [0.2, 0.25) is 5.92 Å². The standard InChI is InChI=1S/C19H32F3N/c20-16-6-4-14(5-7-16)18(13-17-3-1-2-12-23-17)15-8-10-19(21,22)11-9-15/h14-18,23H,1-13H2. The maximum absolute atomic E-state index is 13.5. The van der Waals surface area contributed by atoms with Crippen molar-refractivity contribution in [1.82, 2.24) is 5.32 Å². The lowest BCUT2D eigenvalue weighted by Crippen LogP contribution is -2.40. The highest BCUT2D eigenvalue weighted by Gasteiger charge is 2.41. The van der Waals surface area contributed by atoms with Crippen LogP contribution in [0.2, 0.25) is 0 Å². The maximum Gasteiger partial charge on any atom is 0.248 e. The summed E-state index contributed by atoms with van der Waals surface area (Å²) in [5, 5.41) is 3.63. The van der Waals surface area contributed by atoms with Gasteiger partial charge in [-0.25, -0.2) is 13.2 Å². The molecule has 0 radical (unpaired) electrons. The molecule has 3 rings (SSSR count). The third kappa shape index (κ3) is 4.87. The van der Waals surface area contributed by atoms with E-state index < -0.39 is 12.1 Å². The highest BCUT2D eigenvalue weighted by molar-refractivity contribution is 4.89. The van der Waals surface area contributed by atoms with Gasteiger partial charge < -0.3 is 5.32 Å². The summed E-state index contributed by atoms with van der Waals surface area (Å²) in [5.41, 5.74) is 0. The van der Waals surface area contributed by atoms with Gasteiger partial charge in [-0.15, -0.1) is 0 Å². The fourth-order valence-corrected chi connectivity index (χ4v) is 5.22. The van der Waals surface area contributed by atoms with E-state index in [4.69, 9.17) is 0 Å². The van der Waals surface area contributed by atoms with E-state index in [-0.39, 0.29) is 12.8 Å². The zero-order chi connectivity index (χ0) is 16.3. The lowest BCUT2D eigenvalue weighted by atomic mass is 9.66. The molecule has 2 aliphatic carbocycles. The Bertz CT molecular complexity index is 350. The summed E-state index contributed by atoms with van der Waals surface area (Å²) in [6.07, 6.45) is 9.00. The van der Waals surface area contributed by atoms with Gasteiger partial charge in [-0.05, 0) is 82.1 Å². The lowest BCUT2D eigenvalue weighted by Gasteiger charge is -2.42. The van der Waals surface area contributed by atoms with Crippen LogP contribution >= 0.6 is 0 Å². The molecule has 1 nitrogen and oxygen atoms in total. The summed E-state index contributed by atoms with van der Waals surface area (Å²) < 4.78 is 40.6. The number of piperidine rings is 1. The molecule has 0 aromatic carbocycles.